The fourth-order valence-electron chi connectivity index (χ4n) is 1.50. The second-order valence-electron chi connectivity index (χ2n) is 3.64. The van der Waals surface area contributed by atoms with Crippen LogP contribution < -0.4 is 5.32 Å². The van der Waals surface area contributed by atoms with Crippen LogP contribution in [0.15, 0.2) is 22.8 Å². The van der Waals surface area contributed by atoms with Crippen LogP contribution in [-0.4, -0.2) is 31.3 Å². The van der Waals surface area contributed by atoms with Crippen molar-refractivity contribution in [2.45, 2.75) is 25.8 Å². The third-order valence-electron chi connectivity index (χ3n) is 2.47. The van der Waals surface area contributed by atoms with Crippen LogP contribution in [0.4, 0.5) is 0 Å². The Hall–Kier alpha value is -0.450. The SMILES string of the molecule is CCOCCC(Cc1ccc(Br)cn1)NC. The maximum absolute atomic E-state index is 5.35. The minimum Gasteiger partial charge on any atom is -0.382 e. The fourth-order valence-corrected chi connectivity index (χ4v) is 1.73. The van der Waals surface area contributed by atoms with E-state index in [-0.39, 0.29) is 0 Å². The predicted octanol–water partition coefficient (Wildman–Crippen LogP) is 2.40. The van der Waals surface area contributed by atoms with Crippen LogP contribution in [-0.2, 0) is 11.2 Å². The van der Waals surface area contributed by atoms with Crippen LogP contribution in [0.5, 0.6) is 0 Å². The Labute approximate surface area is 106 Å². The zero-order valence-corrected chi connectivity index (χ0v) is 11.5. The van der Waals surface area contributed by atoms with E-state index in [1.807, 2.05) is 26.2 Å². The first-order valence-corrected chi connectivity index (χ1v) is 6.41. The lowest BCUT2D eigenvalue weighted by Gasteiger charge is -2.15. The summed E-state index contributed by atoms with van der Waals surface area (Å²) in [5.74, 6) is 0. The van der Waals surface area contributed by atoms with Crippen LogP contribution in [0.2, 0.25) is 0 Å². The number of halogens is 1. The molecule has 0 radical (unpaired) electrons. The van der Waals surface area contributed by atoms with Crippen molar-refractivity contribution in [1.29, 1.82) is 0 Å². The maximum atomic E-state index is 5.35. The molecule has 0 saturated heterocycles. The Balaban J connectivity index is 2.40. The van der Waals surface area contributed by atoms with Crippen molar-refractivity contribution in [2.75, 3.05) is 20.3 Å². The minimum absolute atomic E-state index is 0.431. The Morgan fingerprint density at radius 3 is 2.88 bits per heavy atom. The van der Waals surface area contributed by atoms with Gasteiger partial charge in [-0.3, -0.25) is 4.98 Å². The van der Waals surface area contributed by atoms with E-state index in [1.165, 1.54) is 0 Å². The highest BCUT2D eigenvalue weighted by molar-refractivity contribution is 9.10. The van der Waals surface area contributed by atoms with E-state index in [4.69, 9.17) is 4.74 Å². The van der Waals surface area contributed by atoms with Gasteiger partial charge in [0.1, 0.15) is 0 Å². The summed E-state index contributed by atoms with van der Waals surface area (Å²) in [4.78, 5) is 4.37. The lowest BCUT2D eigenvalue weighted by Crippen LogP contribution is -2.29. The molecule has 90 valence electrons. The number of rotatable bonds is 7. The summed E-state index contributed by atoms with van der Waals surface area (Å²) in [6.07, 6.45) is 3.80. The standard InChI is InChI=1S/C12H19BrN2O/c1-3-16-7-6-11(14-2)8-12-5-4-10(13)9-15-12/h4-5,9,11,14H,3,6-8H2,1-2H3. The summed E-state index contributed by atoms with van der Waals surface area (Å²) in [5.41, 5.74) is 1.11. The van der Waals surface area contributed by atoms with Crippen LogP contribution in [0.1, 0.15) is 19.0 Å². The Kier molecular flexibility index (Phi) is 6.61. The molecule has 16 heavy (non-hydrogen) atoms. The molecule has 1 unspecified atom stereocenters. The van der Waals surface area contributed by atoms with Crippen molar-refractivity contribution in [2.24, 2.45) is 0 Å². The summed E-state index contributed by atoms with van der Waals surface area (Å²) in [6.45, 7) is 3.61. The molecule has 0 saturated carbocycles. The number of hydrogen-bond donors (Lipinski definition) is 1. The molecule has 0 bridgehead atoms. The van der Waals surface area contributed by atoms with Crippen molar-refractivity contribution in [3.05, 3.63) is 28.5 Å². The van der Waals surface area contributed by atoms with Crippen LogP contribution in [0.3, 0.4) is 0 Å². The van der Waals surface area contributed by atoms with E-state index in [0.29, 0.717) is 6.04 Å². The van der Waals surface area contributed by atoms with Crippen LogP contribution >= 0.6 is 15.9 Å². The summed E-state index contributed by atoms with van der Waals surface area (Å²) >= 11 is 3.38. The van der Waals surface area contributed by atoms with Gasteiger partial charge >= 0.3 is 0 Å². The molecule has 0 spiro atoms. The molecular formula is C12H19BrN2O. The largest absolute Gasteiger partial charge is 0.382 e. The number of hydrogen-bond acceptors (Lipinski definition) is 3. The van der Waals surface area contributed by atoms with Gasteiger partial charge in [-0.25, -0.2) is 0 Å². The van der Waals surface area contributed by atoms with Crippen molar-refractivity contribution in [3.63, 3.8) is 0 Å². The lowest BCUT2D eigenvalue weighted by molar-refractivity contribution is 0.137. The van der Waals surface area contributed by atoms with Gasteiger partial charge in [-0.1, -0.05) is 0 Å². The smallest absolute Gasteiger partial charge is 0.0480 e. The first-order valence-electron chi connectivity index (χ1n) is 5.61. The molecule has 0 aliphatic rings. The molecule has 1 heterocycles. The zero-order chi connectivity index (χ0) is 11.8. The van der Waals surface area contributed by atoms with Gasteiger partial charge in [-0.2, -0.15) is 0 Å². The Bertz CT molecular complexity index is 290. The highest BCUT2D eigenvalue weighted by Crippen LogP contribution is 2.09. The van der Waals surface area contributed by atoms with Crippen molar-refractivity contribution in [3.8, 4) is 0 Å². The highest BCUT2D eigenvalue weighted by atomic mass is 79.9. The van der Waals surface area contributed by atoms with Gasteiger partial charge in [0.15, 0.2) is 0 Å². The molecule has 0 amide bonds. The summed E-state index contributed by atoms with van der Waals surface area (Å²) in [5, 5.41) is 3.29. The molecule has 1 aromatic heterocycles. The topological polar surface area (TPSA) is 34.1 Å². The molecule has 3 nitrogen and oxygen atoms in total. The molecule has 1 N–H and O–H groups in total. The molecule has 0 aliphatic carbocycles. The average molecular weight is 287 g/mol. The van der Waals surface area contributed by atoms with E-state index in [0.717, 1.165) is 36.2 Å². The molecule has 0 fully saturated rings. The third-order valence-corrected chi connectivity index (χ3v) is 2.94. The van der Waals surface area contributed by atoms with E-state index in [1.54, 1.807) is 0 Å². The van der Waals surface area contributed by atoms with Gasteiger partial charge in [0.2, 0.25) is 0 Å². The maximum Gasteiger partial charge on any atom is 0.0480 e. The molecule has 0 aliphatic heterocycles. The van der Waals surface area contributed by atoms with Crippen molar-refractivity contribution in [1.82, 2.24) is 10.3 Å². The van der Waals surface area contributed by atoms with Crippen molar-refractivity contribution < 1.29 is 4.74 Å². The monoisotopic (exact) mass is 286 g/mol. The summed E-state index contributed by atoms with van der Waals surface area (Å²) in [7, 11) is 1.98. The van der Waals surface area contributed by atoms with Crippen LogP contribution in [0.25, 0.3) is 0 Å². The quantitative estimate of drug-likeness (QED) is 0.782. The second-order valence-corrected chi connectivity index (χ2v) is 4.56. The fraction of sp³-hybridized carbons (Fsp3) is 0.583. The Morgan fingerprint density at radius 1 is 1.50 bits per heavy atom. The molecule has 1 atom stereocenters. The summed E-state index contributed by atoms with van der Waals surface area (Å²) < 4.78 is 6.37. The van der Waals surface area contributed by atoms with Gasteiger partial charge in [0, 0.05) is 42.0 Å². The molecule has 1 aromatic rings. The van der Waals surface area contributed by atoms with Gasteiger partial charge < -0.3 is 10.1 Å². The van der Waals surface area contributed by atoms with Gasteiger partial charge in [0.25, 0.3) is 0 Å². The van der Waals surface area contributed by atoms with E-state index < -0.39 is 0 Å². The van der Waals surface area contributed by atoms with E-state index in [9.17, 15) is 0 Å². The molecule has 0 aromatic carbocycles. The number of nitrogens with zero attached hydrogens (tertiary/aromatic N) is 1. The average Bonchev–Trinajstić information content (AvgIpc) is 2.31. The summed E-state index contributed by atoms with van der Waals surface area (Å²) in [6, 6.07) is 4.51. The van der Waals surface area contributed by atoms with E-state index >= 15 is 0 Å². The highest BCUT2D eigenvalue weighted by Gasteiger charge is 2.07. The lowest BCUT2D eigenvalue weighted by atomic mass is 10.1. The predicted molar refractivity (Wildman–Crippen MR) is 69.6 cm³/mol. The van der Waals surface area contributed by atoms with Crippen LogP contribution in [0, 0.1) is 0 Å². The number of aromatic nitrogens is 1. The molecule has 4 heteroatoms. The normalized spacial score (nSPS) is 12.7. The van der Waals surface area contributed by atoms with Gasteiger partial charge in [-0.15, -0.1) is 0 Å². The zero-order valence-electron chi connectivity index (χ0n) is 9.87. The first kappa shape index (κ1) is 13.6. The molecule has 1 rings (SSSR count). The Morgan fingerprint density at radius 2 is 2.31 bits per heavy atom. The number of pyridine rings is 1. The number of nitrogens with one attached hydrogen (secondary N) is 1. The van der Waals surface area contributed by atoms with Crippen molar-refractivity contribution >= 4 is 15.9 Å². The molecular weight excluding hydrogens is 268 g/mol. The minimum atomic E-state index is 0.431. The van der Waals surface area contributed by atoms with Gasteiger partial charge in [0.05, 0.1) is 0 Å². The number of ether oxygens (including phenoxy) is 1. The van der Waals surface area contributed by atoms with E-state index in [2.05, 4.69) is 32.3 Å². The second kappa shape index (κ2) is 7.76. The van der Waals surface area contributed by atoms with Gasteiger partial charge in [-0.05, 0) is 48.5 Å². The third kappa shape index (κ3) is 5.05. The first-order chi connectivity index (χ1) is 7.76. The number of likely N-dealkylation sites (N-methyl/N-ethyl adjacent to an activating group) is 1.